The van der Waals surface area contributed by atoms with E-state index >= 15 is 0 Å². The van der Waals surface area contributed by atoms with E-state index in [-0.39, 0.29) is 6.04 Å². The van der Waals surface area contributed by atoms with Gasteiger partial charge in [0.15, 0.2) is 0 Å². The summed E-state index contributed by atoms with van der Waals surface area (Å²) in [7, 11) is 0. The van der Waals surface area contributed by atoms with Crippen molar-refractivity contribution in [3.63, 3.8) is 0 Å². The summed E-state index contributed by atoms with van der Waals surface area (Å²) < 4.78 is 0. The highest BCUT2D eigenvalue weighted by molar-refractivity contribution is 7.98. The minimum absolute atomic E-state index is 0.161. The van der Waals surface area contributed by atoms with Gasteiger partial charge in [0, 0.05) is 10.9 Å². The molecule has 0 saturated heterocycles. The Balaban J connectivity index is 3.07. The van der Waals surface area contributed by atoms with Crippen molar-refractivity contribution in [3.05, 3.63) is 36.4 Å². The summed E-state index contributed by atoms with van der Waals surface area (Å²) >= 11 is 1.58. The molecular formula is C12H14N2S. The van der Waals surface area contributed by atoms with Crippen molar-refractivity contribution in [2.45, 2.75) is 17.9 Å². The molecule has 15 heavy (non-hydrogen) atoms. The smallest absolute Gasteiger partial charge is 0.102 e. The Labute approximate surface area is 95.0 Å². The summed E-state index contributed by atoms with van der Waals surface area (Å²) in [5.41, 5.74) is 1.58. The fourth-order valence-corrected chi connectivity index (χ4v) is 1.82. The van der Waals surface area contributed by atoms with Crippen molar-refractivity contribution in [1.29, 1.82) is 5.26 Å². The fourth-order valence-electron chi connectivity index (χ4n) is 1.24. The third kappa shape index (κ3) is 2.77. The molecule has 1 rings (SSSR count). The van der Waals surface area contributed by atoms with Gasteiger partial charge in [-0.25, -0.2) is 0 Å². The van der Waals surface area contributed by atoms with Gasteiger partial charge in [0.05, 0.1) is 11.3 Å². The van der Waals surface area contributed by atoms with Gasteiger partial charge in [0.2, 0.25) is 0 Å². The quantitative estimate of drug-likeness (QED) is 0.622. The normalized spacial score (nSPS) is 11.5. The number of hydrogen-bond donors (Lipinski definition) is 1. The van der Waals surface area contributed by atoms with E-state index in [0.29, 0.717) is 5.56 Å². The SMILES string of the molecule is C=CC(C)Nc1cccc(SC)c1C#N. The first kappa shape index (κ1) is 11.7. The molecule has 1 aromatic rings. The standard InChI is InChI=1S/C12H14N2S/c1-4-9(2)14-11-6-5-7-12(15-3)10(11)8-13/h4-7,9,14H,1H2,2-3H3. The molecule has 0 amide bonds. The molecule has 0 bridgehead atoms. The van der Waals surface area contributed by atoms with Gasteiger partial charge in [0.25, 0.3) is 0 Å². The summed E-state index contributed by atoms with van der Waals surface area (Å²) in [6.07, 6.45) is 3.78. The predicted molar refractivity (Wildman–Crippen MR) is 66.2 cm³/mol. The third-order valence-corrected chi connectivity index (χ3v) is 2.87. The van der Waals surface area contributed by atoms with Crippen LogP contribution in [0.5, 0.6) is 0 Å². The molecule has 3 heteroatoms. The van der Waals surface area contributed by atoms with Crippen LogP contribution in [0.25, 0.3) is 0 Å². The minimum Gasteiger partial charge on any atom is -0.378 e. The molecule has 1 unspecified atom stereocenters. The lowest BCUT2D eigenvalue weighted by Gasteiger charge is -2.13. The molecule has 0 heterocycles. The number of benzene rings is 1. The van der Waals surface area contributed by atoms with Gasteiger partial charge in [-0.15, -0.1) is 18.3 Å². The van der Waals surface area contributed by atoms with Gasteiger partial charge >= 0.3 is 0 Å². The zero-order valence-corrected chi connectivity index (χ0v) is 9.77. The van der Waals surface area contributed by atoms with E-state index in [9.17, 15) is 0 Å². The molecule has 0 aromatic heterocycles. The Morgan fingerprint density at radius 1 is 1.60 bits per heavy atom. The molecule has 0 aliphatic heterocycles. The number of nitrogens with zero attached hydrogens (tertiary/aromatic N) is 1. The predicted octanol–water partition coefficient (Wildman–Crippen LogP) is 3.27. The van der Waals surface area contributed by atoms with Gasteiger partial charge in [-0.05, 0) is 25.3 Å². The van der Waals surface area contributed by atoms with E-state index in [1.807, 2.05) is 37.5 Å². The van der Waals surface area contributed by atoms with Crippen molar-refractivity contribution in [1.82, 2.24) is 0 Å². The summed E-state index contributed by atoms with van der Waals surface area (Å²) in [5.74, 6) is 0. The van der Waals surface area contributed by atoms with Crippen LogP contribution >= 0.6 is 11.8 Å². The van der Waals surface area contributed by atoms with Crippen molar-refractivity contribution in [2.75, 3.05) is 11.6 Å². The first-order valence-corrected chi connectivity index (χ1v) is 5.91. The maximum absolute atomic E-state index is 9.09. The molecular weight excluding hydrogens is 204 g/mol. The van der Waals surface area contributed by atoms with Gasteiger partial charge in [-0.3, -0.25) is 0 Å². The van der Waals surface area contributed by atoms with Crippen LogP contribution in [0.2, 0.25) is 0 Å². The van der Waals surface area contributed by atoms with Crippen LogP contribution in [0.3, 0.4) is 0 Å². The first-order valence-electron chi connectivity index (χ1n) is 4.69. The lowest BCUT2D eigenvalue weighted by molar-refractivity contribution is 0.997. The Morgan fingerprint density at radius 2 is 2.33 bits per heavy atom. The van der Waals surface area contributed by atoms with Crippen LogP contribution < -0.4 is 5.32 Å². The summed E-state index contributed by atoms with van der Waals surface area (Å²) in [4.78, 5) is 0.999. The number of thioether (sulfide) groups is 1. The second-order valence-electron chi connectivity index (χ2n) is 3.16. The van der Waals surface area contributed by atoms with Crippen LogP contribution in [-0.4, -0.2) is 12.3 Å². The molecule has 0 aliphatic rings. The zero-order valence-electron chi connectivity index (χ0n) is 8.95. The van der Waals surface area contributed by atoms with Crippen molar-refractivity contribution < 1.29 is 0 Å². The molecule has 1 aromatic carbocycles. The summed E-state index contributed by atoms with van der Waals surface area (Å²) in [5, 5.41) is 12.3. The maximum atomic E-state index is 9.09. The molecule has 0 saturated carbocycles. The summed E-state index contributed by atoms with van der Waals surface area (Å²) in [6, 6.07) is 8.20. The Bertz CT molecular complexity index is 393. The van der Waals surface area contributed by atoms with Gasteiger partial charge in [0.1, 0.15) is 6.07 Å². The molecule has 0 radical (unpaired) electrons. The number of nitriles is 1. The molecule has 0 spiro atoms. The van der Waals surface area contributed by atoms with E-state index in [4.69, 9.17) is 5.26 Å². The van der Waals surface area contributed by atoms with Gasteiger partial charge in [-0.2, -0.15) is 5.26 Å². The summed E-state index contributed by atoms with van der Waals surface area (Å²) in [6.45, 7) is 5.70. The van der Waals surface area contributed by atoms with Crippen molar-refractivity contribution in [3.8, 4) is 6.07 Å². The average molecular weight is 218 g/mol. The second kappa shape index (κ2) is 5.47. The highest BCUT2D eigenvalue weighted by Crippen LogP contribution is 2.26. The van der Waals surface area contributed by atoms with Crippen molar-refractivity contribution >= 4 is 17.4 Å². The van der Waals surface area contributed by atoms with E-state index in [0.717, 1.165) is 10.6 Å². The lowest BCUT2D eigenvalue weighted by Crippen LogP contribution is -2.12. The molecule has 78 valence electrons. The Hall–Kier alpha value is -1.40. The molecule has 0 fully saturated rings. The number of anilines is 1. The lowest BCUT2D eigenvalue weighted by atomic mass is 10.1. The average Bonchev–Trinajstić information content (AvgIpc) is 2.28. The number of nitrogens with one attached hydrogen (secondary N) is 1. The Morgan fingerprint density at radius 3 is 2.87 bits per heavy atom. The minimum atomic E-state index is 0.161. The number of rotatable bonds is 4. The first-order chi connectivity index (χ1) is 7.22. The van der Waals surface area contributed by atoms with Crippen LogP contribution in [0.4, 0.5) is 5.69 Å². The highest BCUT2D eigenvalue weighted by Gasteiger charge is 2.07. The molecule has 1 N–H and O–H groups in total. The van der Waals surface area contributed by atoms with Gasteiger partial charge in [-0.1, -0.05) is 12.1 Å². The van der Waals surface area contributed by atoms with Crippen molar-refractivity contribution in [2.24, 2.45) is 0 Å². The molecule has 1 atom stereocenters. The zero-order chi connectivity index (χ0) is 11.3. The van der Waals surface area contributed by atoms with E-state index in [1.54, 1.807) is 11.8 Å². The van der Waals surface area contributed by atoms with Crippen LogP contribution in [0.1, 0.15) is 12.5 Å². The topological polar surface area (TPSA) is 35.8 Å². The molecule has 2 nitrogen and oxygen atoms in total. The molecule has 0 aliphatic carbocycles. The monoisotopic (exact) mass is 218 g/mol. The number of hydrogen-bond acceptors (Lipinski definition) is 3. The van der Waals surface area contributed by atoms with Crippen LogP contribution in [0, 0.1) is 11.3 Å². The third-order valence-electron chi connectivity index (χ3n) is 2.09. The van der Waals surface area contributed by atoms with Crippen LogP contribution in [0.15, 0.2) is 35.7 Å². The van der Waals surface area contributed by atoms with E-state index in [2.05, 4.69) is 18.0 Å². The highest BCUT2D eigenvalue weighted by atomic mass is 32.2. The fraction of sp³-hybridized carbons (Fsp3) is 0.250. The van der Waals surface area contributed by atoms with E-state index in [1.165, 1.54) is 0 Å². The maximum Gasteiger partial charge on any atom is 0.102 e. The Kier molecular flexibility index (Phi) is 4.26. The van der Waals surface area contributed by atoms with E-state index < -0.39 is 0 Å². The second-order valence-corrected chi connectivity index (χ2v) is 4.01. The largest absolute Gasteiger partial charge is 0.378 e. The van der Waals surface area contributed by atoms with Crippen LogP contribution in [-0.2, 0) is 0 Å². The van der Waals surface area contributed by atoms with Gasteiger partial charge < -0.3 is 5.32 Å².